The number of hydrogen-bond acceptors (Lipinski definition) is 4. The summed E-state index contributed by atoms with van der Waals surface area (Å²) in [5, 5.41) is 2.98. The Morgan fingerprint density at radius 2 is 1.68 bits per heavy atom. The Morgan fingerprint density at radius 3 is 2.44 bits per heavy atom. The summed E-state index contributed by atoms with van der Waals surface area (Å²) in [4.78, 5) is 15.6. The molecule has 34 heavy (non-hydrogen) atoms. The van der Waals surface area contributed by atoms with Gasteiger partial charge in [-0.25, -0.2) is 8.42 Å². The first-order valence-corrected chi connectivity index (χ1v) is 13.5. The molecule has 1 heterocycles. The lowest BCUT2D eigenvalue weighted by molar-refractivity contribution is 0.0950. The second-order valence-electron chi connectivity index (χ2n) is 9.04. The molecule has 0 bridgehead atoms. The van der Waals surface area contributed by atoms with Crippen molar-refractivity contribution in [3.05, 3.63) is 101 Å². The molecule has 3 aromatic rings. The van der Waals surface area contributed by atoms with E-state index in [1.165, 1.54) is 30.9 Å². The highest BCUT2D eigenvalue weighted by atomic mass is 32.2. The molecule has 0 spiro atoms. The van der Waals surface area contributed by atoms with Crippen molar-refractivity contribution in [3.8, 4) is 0 Å². The maximum atomic E-state index is 12.9. The largest absolute Gasteiger partial charge is 0.348 e. The Balaban J connectivity index is 1.43. The fraction of sp³-hybridized carbons (Fsp3) is 0.321. The van der Waals surface area contributed by atoms with Gasteiger partial charge in [0.1, 0.15) is 0 Å². The van der Waals surface area contributed by atoms with E-state index in [4.69, 9.17) is 0 Å². The third-order valence-electron chi connectivity index (χ3n) is 6.53. The van der Waals surface area contributed by atoms with Crippen LogP contribution in [0.1, 0.15) is 53.2 Å². The normalized spacial score (nSPS) is 16.8. The number of nitrogens with zero attached hydrogens (tertiary/aromatic N) is 1. The summed E-state index contributed by atoms with van der Waals surface area (Å²) in [7, 11) is -3.55. The van der Waals surface area contributed by atoms with Gasteiger partial charge in [0.2, 0.25) is 0 Å². The molecule has 1 saturated heterocycles. The number of benzene rings is 3. The Labute approximate surface area is 202 Å². The van der Waals surface area contributed by atoms with Gasteiger partial charge in [0.05, 0.1) is 10.6 Å². The van der Waals surface area contributed by atoms with E-state index in [0.29, 0.717) is 18.2 Å². The molecule has 5 nitrogen and oxygen atoms in total. The standard InChI is InChI=1S/C28H32N2O3S/c1-22-10-7-8-17-30(22)20-26-14-6-5-13-25(26)19-29-28(31)24-15-9-16-27(18-24)34(32,33)21-23-11-3-2-4-12-23/h2-6,9,11-16,18,22H,7-8,10,17,19-21H2,1H3,(H,29,31). The number of carbonyl (C=O) groups excluding carboxylic acids is 1. The number of sulfone groups is 1. The van der Waals surface area contributed by atoms with Crippen molar-refractivity contribution >= 4 is 15.7 Å². The van der Waals surface area contributed by atoms with Gasteiger partial charge >= 0.3 is 0 Å². The molecule has 1 atom stereocenters. The average Bonchev–Trinajstić information content (AvgIpc) is 2.85. The molecular weight excluding hydrogens is 444 g/mol. The number of hydrogen-bond donors (Lipinski definition) is 1. The van der Waals surface area contributed by atoms with Crippen molar-refractivity contribution in [2.24, 2.45) is 0 Å². The van der Waals surface area contributed by atoms with Gasteiger partial charge in [-0.2, -0.15) is 0 Å². The second kappa shape index (κ2) is 11.0. The van der Waals surface area contributed by atoms with Gasteiger partial charge in [-0.15, -0.1) is 0 Å². The SMILES string of the molecule is CC1CCCCN1Cc1ccccc1CNC(=O)c1cccc(S(=O)(=O)Cc2ccccc2)c1. The third kappa shape index (κ3) is 6.13. The van der Waals surface area contributed by atoms with E-state index in [2.05, 4.69) is 23.2 Å². The second-order valence-corrected chi connectivity index (χ2v) is 11.0. The minimum atomic E-state index is -3.55. The zero-order valence-electron chi connectivity index (χ0n) is 19.6. The molecule has 1 N–H and O–H groups in total. The molecule has 0 aromatic heterocycles. The van der Waals surface area contributed by atoms with Crippen LogP contribution < -0.4 is 5.32 Å². The molecule has 0 radical (unpaired) electrons. The van der Waals surface area contributed by atoms with Crippen LogP contribution >= 0.6 is 0 Å². The van der Waals surface area contributed by atoms with Crippen molar-refractivity contribution in [1.29, 1.82) is 0 Å². The van der Waals surface area contributed by atoms with Gasteiger partial charge in [-0.3, -0.25) is 9.69 Å². The summed E-state index contributed by atoms with van der Waals surface area (Å²) in [5.74, 6) is -0.376. The molecule has 4 rings (SSSR count). The summed E-state index contributed by atoms with van der Waals surface area (Å²) in [6.07, 6.45) is 3.74. The topological polar surface area (TPSA) is 66.5 Å². The Hall–Kier alpha value is -2.96. The third-order valence-corrected chi connectivity index (χ3v) is 8.21. The predicted molar refractivity (Wildman–Crippen MR) is 135 cm³/mol. The number of likely N-dealkylation sites (tertiary alicyclic amines) is 1. The lowest BCUT2D eigenvalue weighted by Crippen LogP contribution is -2.37. The minimum absolute atomic E-state index is 0.0960. The van der Waals surface area contributed by atoms with E-state index < -0.39 is 9.84 Å². The fourth-order valence-corrected chi connectivity index (χ4v) is 5.87. The highest BCUT2D eigenvalue weighted by Gasteiger charge is 2.20. The number of piperidine rings is 1. The lowest BCUT2D eigenvalue weighted by atomic mass is 10.0. The summed E-state index contributed by atoms with van der Waals surface area (Å²) >= 11 is 0. The fourth-order valence-electron chi connectivity index (χ4n) is 4.48. The maximum absolute atomic E-state index is 12.9. The molecule has 1 fully saturated rings. The van der Waals surface area contributed by atoms with Crippen LogP contribution in [0.15, 0.2) is 83.8 Å². The number of amides is 1. The molecule has 3 aromatic carbocycles. The van der Waals surface area contributed by atoms with Crippen LogP contribution in [-0.2, 0) is 28.7 Å². The minimum Gasteiger partial charge on any atom is -0.348 e. The number of nitrogens with one attached hydrogen (secondary N) is 1. The van der Waals surface area contributed by atoms with Crippen molar-refractivity contribution in [2.75, 3.05) is 6.54 Å². The zero-order valence-corrected chi connectivity index (χ0v) is 20.4. The van der Waals surface area contributed by atoms with Crippen molar-refractivity contribution in [3.63, 3.8) is 0 Å². The highest BCUT2D eigenvalue weighted by Crippen LogP contribution is 2.21. The van der Waals surface area contributed by atoms with Gasteiger partial charge in [-0.1, -0.05) is 67.1 Å². The van der Waals surface area contributed by atoms with Gasteiger partial charge in [-0.05, 0) is 61.2 Å². The van der Waals surface area contributed by atoms with Gasteiger partial charge < -0.3 is 5.32 Å². The van der Waals surface area contributed by atoms with Crippen LogP contribution in [-0.4, -0.2) is 31.8 Å². The quantitative estimate of drug-likeness (QED) is 0.499. The van der Waals surface area contributed by atoms with Crippen LogP contribution in [0.4, 0.5) is 0 Å². The number of rotatable bonds is 8. The van der Waals surface area contributed by atoms with E-state index >= 15 is 0 Å². The van der Waals surface area contributed by atoms with Crippen molar-refractivity contribution in [2.45, 2.75) is 56.0 Å². The maximum Gasteiger partial charge on any atom is 0.251 e. The van der Waals surface area contributed by atoms with Crippen LogP contribution in [0, 0.1) is 0 Å². The molecule has 6 heteroatoms. The monoisotopic (exact) mass is 476 g/mol. The molecule has 1 unspecified atom stereocenters. The summed E-state index contributed by atoms with van der Waals surface area (Å²) in [6, 6.07) is 24.1. The molecule has 1 aliphatic heterocycles. The van der Waals surface area contributed by atoms with E-state index in [1.54, 1.807) is 30.3 Å². The zero-order chi connectivity index (χ0) is 24.0. The van der Waals surface area contributed by atoms with Crippen molar-refractivity contribution in [1.82, 2.24) is 10.2 Å². The predicted octanol–water partition coefficient (Wildman–Crippen LogP) is 4.96. The highest BCUT2D eigenvalue weighted by molar-refractivity contribution is 7.90. The molecule has 0 aliphatic carbocycles. The van der Waals surface area contributed by atoms with Gasteiger partial charge in [0.25, 0.3) is 5.91 Å². The molecule has 1 amide bonds. The Kier molecular flexibility index (Phi) is 7.80. The van der Waals surface area contributed by atoms with E-state index in [1.807, 2.05) is 36.4 Å². The van der Waals surface area contributed by atoms with Crippen molar-refractivity contribution < 1.29 is 13.2 Å². The lowest BCUT2D eigenvalue weighted by Gasteiger charge is -2.33. The summed E-state index contributed by atoms with van der Waals surface area (Å²) in [5.41, 5.74) is 3.37. The summed E-state index contributed by atoms with van der Waals surface area (Å²) in [6.45, 7) is 4.66. The average molecular weight is 477 g/mol. The molecular formula is C28H32N2O3S. The van der Waals surface area contributed by atoms with Gasteiger partial charge in [0, 0.05) is 24.7 Å². The first kappa shape index (κ1) is 24.2. The number of carbonyl (C=O) groups is 1. The van der Waals surface area contributed by atoms with E-state index in [-0.39, 0.29) is 16.6 Å². The molecule has 178 valence electrons. The van der Waals surface area contributed by atoms with Gasteiger partial charge in [0.15, 0.2) is 9.84 Å². The van der Waals surface area contributed by atoms with Crippen LogP contribution in [0.25, 0.3) is 0 Å². The first-order valence-electron chi connectivity index (χ1n) is 11.9. The Bertz CT molecular complexity index is 1230. The van der Waals surface area contributed by atoms with Crippen LogP contribution in [0.3, 0.4) is 0 Å². The molecule has 0 saturated carbocycles. The van der Waals surface area contributed by atoms with E-state index in [9.17, 15) is 13.2 Å². The van der Waals surface area contributed by atoms with Crippen LogP contribution in [0.5, 0.6) is 0 Å². The molecule has 1 aliphatic rings. The smallest absolute Gasteiger partial charge is 0.251 e. The van der Waals surface area contributed by atoms with E-state index in [0.717, 1.165) is 24.2 Å². The summed E-state index contributed by atoms with van der Waals surface area (Å²) < 4.78 is 25.8. The first-order chi connectivity index (χ1) is 16.4. The van der Waals surface area contributed by atoms with Crippen LogP contribution in [0.2, 0.25) is 0 Å². The Morgan fingerprint density at radius 1 is 0.941 bits per heavy atom.